The van der Waals surface area contributed by atoms with E-state index in [4.69, 9.17) is 16.6 Å². The van der Waals surface area contributed by atoms with Gasteiger partial charge >= 0.3 is 0 Å². The number of aliphatic imine (C=N–C) groups is 1. The van der Waals surface area contributed by atoms with Crippen molar-refractivity contribution in [2.75, 3.05) is 17.2 Å². The molecule has 1 unspecified atom stereocenters. The van der Waals surface area contributed by atoms with Crippen molar-refractivity contribution in [2.24, 2.45) is 4.99 Å². The van der Waals surface area contributed by atoms with Gasteiger partial charge in [0.2, 0.25) is 0 Å². The molecule has 0 fully saturated rings. The minimum absolute atomic E-state index is 0. The Morgan fingerprint density at radius 2 is 1.88 bits per heavy atom. The fraction of sp³-hybridized carbons (Fsp3) is 0.263. The van der Waals surface area contributed by atoms with Crippen LogP contribution in [0.2, 0.25) is 5.02 Å². The quantitative estimate of drug-likeness (QED) is 0.578. The highest BCUT2D eigenvalue weighted by Crippen LogP contribution is 2.27. The number of anilines is 1. The molecule has 3 rings (SSSR count). The van der Waals surface area contributed by atoms with Gasteiger partial charge in [-0.2, -0.15) is 0 Å². The van der Waals surface area contributed by atoms with E-state index in [0.717, 1.165) is 23.0 Å². The zero-order valence-corrected chi connectivity index (χ0v) is 17.2. The number of halogens is 2. The standard InChI is InChI=1S/C19H19ClN2OS.BrH/c1-2-16-13-24-19(21-16)22(17-6-4-3-5-7-17)12-18(23)14-8-10-15(20)11-9-14;/h3-11,16H,2,12-13H2,1H3;1H. The molecule has 0 aliphatic carbocycles. The van der Waals surface area contributed by atoms with Gasteiger partial charge in [0.1, 0.15) is 0 Å². The van der Waals surface area contributed by atoms with Crippen molar-refractivity contribution >= 4 is 57.0 Å². The predicted molar refractivity (Wildman–Crippen MR) is 114 cm³/mol. The van der Waals surface area contributed by atoms with Gasteiger partial charge < -0.3 is 4.90 Å². The van der Waals surface area contributed by atoms with Crippen LogP contribution in [-0.2, 0) is 0 Å². The topological polar surface area (TPSA) is 32.7 Å². The second kappa shape index (κ2) is 9.41. The molecule has 0 saturated heterocycles. The van der Waals surface area contributed by atoms with Crippen molar-refractivity contribution in [2.45, 2.75) is 19.4 Å². The van der Waals surface area contributed by atoms with E-state index in [1.54, 1.807) is 36.0 Å². The maximum absolute atomic E-state index is 12.7. The summed E-state index contributed by atoms with van der Waals surface area (Å²) in [5.74, 6) is 1.03. The van der Waals surface area contributed by atoms with Crippen LogP contribution in [0.1, 0.15) is 23.7 Å². The number of rotatable bonds is 5. The number of carbonyl (C=O) groups is 1. The molecule has 2 aromatic carbocycles. The molecule has 6 heteroatoms. The average molecular weight is 440 g/mol. The monoisotopic (exact) mass is 438 g/mol. The first-order valence-corrected chi connectivity index (χ1v) is 9.35. The molecule has 0 spiro atoms. The van der Waals surface area contributed by atoms with Gasteiger partial charge in [0.15, 0.2) is 11.0 Å². The van der Waals surface area contributed by atoms with E-state index in [2.05, 4.69) is 6.92 Å². The van der Waals surface area contributed by atoms with Crippen LogP contribution in [0.15, 0.2) is 59.6 Å². The summed E-state index contributed by atoms with van der Waals surface area (Å²) < 4.78 is 0. The van der Waals surface area contributed by atoms with Crippen LogP contribution in [0.25, 0.3) is 0 Å². The Morgan fingerprint density at radius 3 is 2.48 bits per heavy atom. The maximum atomic E-state index is 12.7. The van der Waals surface area contributed by atoms with E-state index in [9.17, 15) is 4.79 Å². The molecular weight excluding hydrogens is 420 g/mol. The summed E-state index contributed by atoms with van der Waals surface area (Å²) in [6.45, 7) is 2.41. The van der Waals surface area contributed by atoms with Gasteiger partial charge in [-0.25, -0.2) is 0 Å². The number of Topliss-reactive ketones (excluding diaryl/α,β-unsaturated/α-hetero) is 1. The largest absolute Gasteiger partial charge is 0.313 e. The first-order chi connectivity index (χ1) is 11.7. The van der Waals surface area contributed by atoms with Crippen LogP contribution in [0, 0.1) is 0 Å². The Bertz CT molecular complexity index is 737. The molecule has 2 aromatic rings. The van der Waals surface area contributed by atoms with Gasteiger partial charge in [0.25, 0.3) is 0 Å². The van der Waals surface area contributed by atoms with Gasteiger partial charge in [-0.05, 0) is 42.8 Å². The summed E-state index contributed by atoms with van der Waals surface area (Å²) in [7, 11) is 0. The number of nitrogens with zero attached hydrogens (tertiary/aromatic N) is 2. The number of hydrogen-bond donors (Lipinski definition) is 0. The van der Waals surface area contributed by atoms with Gasteiger partial charge in [0, 0.05) is 22.0 Å². The van der Waals surface area contributed by atoms with Crippen molar-refractivity contribution in [3.63, 3.8) is 0 Å². The summed E-state index contributed by atoms with van der Waals surface area (Å²) in [5.41, 5.74) is 1.65. The molecule has 0 saturated carbocycles. The fourth-order valence-electron chi connectivity index (χ4n) is 2.51. The zero-order valence-electron chi connectivity index (χ0n) is 13.9. The second-order valence-electron chi connectivity index (χ2n) is 5.64. The van der Waals surface area contributed by atoms with Gasteiger partial charge in [-0.3, -0.25) is 9.79 Å². The van der Waals surface area contributed by atoms with E-state index in [-0.39, 0.29) is 29.3 Å². The second-order valence-corrected chi connectivity index (χ2v) is 7.06. The Kier molecular flexibility index (Phi) is 7.54. The molecule has 25 heavy (non-hydrogen) atoms. The fourth-order valence-corrected chi connectivity index (χ4v) is 3.83. The van der Waals surface area contributed by atoms with Crippen LogP contribution >= 0.6 is 40.3 Å². The summed E-state index contributed by atoms with van der Waals surface area (Å²) in [6, 6.07) is 17.3. The van der Waals surface area contributed by atoms with Gasteiger partial charge in [0.05, 0.1) is 12.6 Å². The highest BCUT2D eigenvalue weighted by Gasteiger charge is 2.24. The summed E-state index contributed by atoms with van der Waals surface area (Å²) in [4.78, 5) is 19.5. The summed E-state index contributed by atoms with van der Waals surface area (Å²) in [6.07, 6.45) is 1.02. The normalized spacial score (nSPS) is 16.1. The number of ketones is 1. The molecule has 0 amide bonds. The van der Waals surface area contributed by atoms with Crippen molar-refractivity contribution in [1.29, 1.82) is 0 Å². The Morgan fingerprint density at radius 1 is 1.20 bits per heavy atom. The number of amidine groups is 1. The molecule has 3 nitrogen and oxygen atoms in total. The van der Waals surface area contributed by atoms with E-state index in [1.165, 1.54) is 0 Å². The first kappa shape index (κ1) is 20.0. The molecule has 0 aromatic heterocycles. The molecule has 0 radical (unpaired) electrons. The van der Waals surface area contributed by atoms with Crippen molar-refractivity contribution < 1.29 is 4.79 Å². The molecule has 1 aliphatic heterocycles. The SMILES string of the molecule is Br.CCC1CSC(N(CC(=O)c2ccc(Cl)cc2)c2ccccc2)=N1. The zero-order chi connectivity index (χ0) is 16.9. The lowest BCUT2D eigenvalue weighted by atomic mass is 10.1. The third-order valence-corrected chi connectivity index (χ3v) is 5.32. The van der Waals surface area contributed by atoms with Crippen molar-refractivity contribution in [1.82, 2.24) is 0 Å². The van der Waals surface area contributed by atoms with Gasteiger partial charge in [-0.15, -0.1) is 17.0 Å². The number of thioether (sulfide) groups is 1. The maximum Gasteiger partial charge on any atom is 0.182 e. The van der Waals surface area contributed by atoms with E-state index >= 15 is 0 Å². The van der Waals surface area contributed by atoms with E-state index < -0.39 is 0 Å². The number of para-hydroxylation sites is 1. The average Bonchev–Trinajstić information content (AvgIpc) is 3.09. The third-order valence-electron chi connectivity index (χ3n) is 3.94. The molecule has 132 valence electrons. The molecule has 0 bridgehead atoms. The Hall–Kier alpha value is -1.30. The minimum atomic E-state index is 0. The number of benzene rings is 2. The van der Waals surface area contributed by atoms with Crippen molar-refractivity contribution in [3.8, 4) is 0 Å². The highest BCUT2D eigenvalue weighted by atomic mass is 79.9. The minimum Gasteiger partial charge on any atom is -0.313 e. The number of hydrogen-bond acceptors (Lipinski definition) is 4. The molecular formula is C19H20BrClN2OS. The van der Waals surface area contributed by atoms with Crippen molar-refractivity contribution in [3.05, 3.63) is 65.2 Å². The lowest BCUT2D eigenvalue weighted by Gasteiger charge is -2.23. The van der Waals surface area contributed by atoms with E-state index in [1.807, 2.05) is 35.2 Å². The predicted octanol–water partition coefficient (Wildman–Crippen LogP) is 5.49. The third kappa shape index (κ3) is 5.09. The van der Waals surface area contributed by atoms with Crippen LogP contribution < -0.4 is 4.90 Å². The molecule has 0 N–H and O–H groups in total. The lowest BCUT2D eigenvalue weighted by molar-refractivity contribution is 0.100. The van der Waals surface area contributed by atoms with Crippen LogP contribution in [0.5, 0.6) is 0 Å². The first-order valence-electron chi connectivity index (χ1n) is 7.99. The van der Waals surface area contributed by atoms with E-state index in [0.29, 0.717) is 16.6 Å². The van der Waals surface area contributed by atoms with Crippen LogP contribution in [-0.4, -0.2) is 29.3 Å². The smallest absolute Gasteiger partial charge is 0.182 e. The molecule has 1 atom stereocenters. The number of carbonyl (C=O) groups excluding carboxylic acids is 1. The van der Waals surface area contributed by atoms with Crippen LogP contribution in [0.4, 0.5) is 5.69 Å². The van der Waals surface area contributed by atoms with Crippen LogP contribution in [0.3, 0.4) is 0 Å². The Balaban J connectivity index is 0.00000225. The Labute approximate surface area is 168 Å². The molecule has 1 heterocycles. The molecule has 1 aliphatic rings. The highest BCUT2D eigenvalue weighted by molar-refractivity contribution is 8.93. The summed E-state index contributed by atoms with van der Waals surface area (Å²) in [5, 5.41) is 1.56. The summed E-state index contributed by atoms with van der Waals surface area (Å²) >= 11 is 7.63. The van der Waals surface area contributed by atoms with Gasteiger partial charge in [-0.1, -0.05) is 48.5 Å². The lowest BCUT2D eigenvalue weighted by Crippen LogP contribution is -2.33.